The lowest BCUT2D eigenvalue weighted by molar-refractivity contribution is -0.151. The van der Waals surface area contributed by atoms with Gasteiger partial charge >= 0.3 is 5.97 Å². The molecule has 6 nitrogen and oxygen atoms in total. The summed E-state index contributed by atoms with van der Waals surface area (Å²) in [4.78, 5) is 26.1. The van der Waals surface area contributed by atoms with Crippen molar-refractivity contribution in [3.63, 3.8) is 0 Å². The fraction of sp³-hybridized carbons (Fsp3) is 0.846. The first-order valence-corrected chi connectivity index (χ1v) is 25.2. The molecule has 0 aliphatic rings. The topological polar surface area (TPSA) is 95.9 Å². The molecule has 0 aliphatic heterocycles. The highest BCUT2D eigenvalue weighted by atomic mass is 16.5. The summed E-state index contributed by atoms with van der Waals surface area (Å²) in [6.45, 7) is 6.36. The third-order valence-electron chi connectivity index (χ3n) is 11.5. The van der Waals surface area contributed by atoms with Crippen LogP contribution in [0.1, 0.15) is 258 Å². The average molecular weight is 816 g/mol. The quantitative estimate of drug-likeness (QED) is 0.0323. The van der Waals surface area contributed by atoms with Gasteiger partial charge in [-0.15, -0.1) is 0 Å². The third-order valence-corrected chi connectivity index (χ3v) is 11.5. The van der Waals surface area contributed by atoms with Crippen molar-refractivity contribution in [3.8, 4) is 0 Å². The minimum Gasteiger partial charge on any atom is -0.462 e. The van der Waals surface area contributed by atoms with Crippen molar-refractivity contribution in [2.75, 3.05) is 6.61 Å². The van der Waals surface area contributed by atoms with E-state index in [4.69, 9.17) is 4.74 Å². The van der Waals surface area contributed by atoms with Gasteiger partial charge in [-0.2, -0.15) is 0 Å². The van der Waals surface area contributed by atoms with Gasteiger partial charge in [0.15, 0.2) is 0 Å². The Bertz CT molecular complexity index is 961. The number of nitrogens with one attached hydrogen (secondary N) is 1. The Morgan fingerprint density at radius 2 is 0.931 bits per heavy atom. The van der Waals surface area contributed by atoms with Crippen LogP contribution >= 0.6 is 0 Å². The highest BCUT2D eigenvalue weighted by molar-refractivity contribution is 5.77. The van der Waals surface area contributed by atoms with Gasteiger partial charge in [0.05, 0.1) is 25.2 Å². The summed E-state index contributed by atoms with van der Waals surface area (Å²) in [5.41, 5.74) is 0. The Labute approximate surface area is 360 Å². The van der Waals surface area contributed by atoms with Crippen molar-refractivity contribution in [3.05, 3.63) is 36.5 Å². The van der Waals surface area contributed by atoms with Crippen molar-refractivity contribution >= 4 is 11.9 Å². The summed E-state index contributed by atoms with van der Waals surface area (Å²) >= 11 is 0. The zero-order valence-electron chi connectivity index (χ0n) is 38.7. The van der Waals surface area contributed by atoms with Gasteiger partial charge in [-0.25, -0.2) is 0 Å². The second kappa shape index (κ2) is 46.2. The molecule has 0 aliphatic carbocycles. The number of allylic oxidation sites excluding steroid dienone is 6. The van der Waals surface area contributed by atoms with Crippen LogP contribution in [-0.2, 0) is 14.3 Å². The Balaban J connectivity index is 4.60. The lowest BCUT2D eigenvalue weighted by Gasteiger charge is -2.24. The molecule has 0 aromatic rings. The number of aliphatic hydroxyl groups is 2. The van der Waals surface area contributed by atoms with Crippen molar-refractivity contribution in [2.24, 2.45) is 0 Å². The van der Waals surface area contributed by atoms with Gasteiger partial charge in [-0.3, -0.25) is 9.59 Å². The second-order valence-corrected chi connectivity index (χ2v) is 17.2. The number of unbranched alkanes of at least 4 members (excludes halogenated alkanes) is 27. The summed E-state index contributed by atoms with van der Waals surface area (Å²) < 4.78 is 5.92. The first kappa shape index (κ1) is 56.1. The molecule has 1 amide bonds. The van der Waals surface area contributed by atoms with Crippen LogP contribution < -0.4 is 5.32 Å². The number of aliphatic hydroxyl groups excluding tert-OH is 2. The van der Waals surface area contributed by atoms with Crippen LogP contribution in [0.2, 0.25) is 0 Å². The van der Waals surface area contributed by atoms with Crippen LogP contribution in [0, 0.1) is 0 Å². The van der Waals surface area contributed by atoms with Gasteiger partial charge in [-0.1, -0.05) is 205 Å². The van der Waals surface area contributed by atoms with E-state index in [1.54, 1.807) is 0 Å². The van der Waals surface area contributed by atoms with Crippen molar-refractivity contribution in [1.82, 2.24) is 5.32 Å². The largest absolute Gasteiger partial charge is 0.462 e. The highest BCUT2D eigenvalue weighted by Crippen LogP contribution is 2.18. The third kappa shape index (κ3) is 40.8. The molecule has 3 atom stereocenters. The van der Waals surface area contributed by atoms with Crippen LogP contribution in [0.15, 0.2) is 36.5 Å². The Hall–Kier alpha value is -1.92. The molecule has 6 heteroatoms. The number of carbonyl (C=O) groups excluding carboxylic acids is 2. The SMILES string of the molecule is CC/C=C/C/C=C/CCCCCCCCCC(=O)OC(CCCCCCC/C=C/CCCCCCCC)CC(=O)NC(CO)C(O)CCCCCCCCCCCC. The van der Waals surface area contributed by atoms with Crippen LogP contribution in [0.4, 0.5) is 0 Å². The molecule has 3 unspecified atom stereocenters. The van der Waals surface area contributed by atoms with Gasteiger partial charge in [0.25, 0.3) is 0 Å². The number of amides is 1. The van der Waals surface area contributed by atoms with Crippen LogP contribution in [-0.4, -0.2) is 46.9 Å². The molecular weight excluding hydrogens is 719 g/mol. The van der Waals surface area contributed by atoms with Gasteiger partial charge < -0.3 is 20.3 Å². The molecule has 0 fully saturated rings. The summed E-state index contributed by atoms with van der Waals surface area (Å²) in [6.07, 6.45) is 53.4. The molecule has 0 rings (SSSR count). The molecule has 0 heterocycles. The predicted molar refractivity (Wildman–Crippen MR) is 250 cm³/mol. The molecule has 0 aromatic heterocycles. The predicted octanol–water partition coefficient (Wildman–Crippen LogP) is 14.9. The van der Waals surface area contributed by atoms with E-state index >= 15 is 0 Å². The monoisotopic (exact) mass is 816 g/mol. The molecule has 3 N–H and O–H groups in total. The summed E-state index contributed by atoms with van der Waals surface area (Å²) in [5, 5.41) is 23.7. The van der Waals surface area contributed by atoms with Gasteiger partial charge in [0.1, 0.15) is 6.10 Å². The molecule has 0 saturated carbocycles. The van der Waals surface area contributed by atoms with Gasteiger partial charge in [0.2, 0.25) is 5.91 Å². The fourth-order valence-electron chi connectivity index (χ4n) is 7.64. The molecule has 0 radical (unpaired) electrons. The van der Waals surface area contributed by atoms with E-state index in [-0.39, 0.29) is 24.9 Å². The number of ether oxygens (including phenoxy) is 1. The molecular formula is C52H97NO5. The molecule has 0 saturated heterocycles. The van der Waals surface area contributed by atoms with Crippen molar-refractivity contribution in [2.45, 2.75) is 277 Å². The van der Waals surface area contributed by atoms with Crippen molar-refractivity contribution < 1.29 is 24.5 Å². The maximum Gasteiger partial charge on any atom is 0.306 e. The standard InChI is InChI=1S/C52H97NO5/c1-4-7-10-13-16-19-22-24-26-27-29-31-34-37-40-43-48(58-52(57)45-42-39-36-33-30-28-25-23-20-17-14-11-8-5-2)46-51(56)53-49(47-54)50(55)44-41-38-35-32-21-18-15-12-9-6-3/h8,11,17,20,24,26,48-50,54-55H,4-7,9-10,12-16,18-19,21-23,25,27-47H2,1-3H3,(H,53,56)/b11-8+,20-17+,26-24+. The number of hydrogen-bond donors (Lipinski definition) is 3. The van der Waals surface area contributed by atoms with Crippen molar-refractivity contribution in [1.29, 1.82) is 0 Å². The van der Waals surface area contributed by atoms with E-state index < -0.39 is 18.2 Å². The molecule has 0 bridgehead atoms. The lowest BCUT2D eigenvalue weighted by Crippen LogP contribution is -2.46. The highest BCUT2D eigenvalue weighted by Gasteiger charge is 2.24. The minimum atomic E-state index is -0.788. The number of esters is 1. The molecule has 58 heavy (non-hydrogen) atoms. The van der Waals surface area contributed by atoms with Crippen LogP contribution in [0.5, 0.6) is 0 Å². The first-order valence-electron chi connectivity index (χ1n) is 25.2. The Morgan fingerprint density at radius 1 is 0.517 bits per heavy atom. The zero-order chi connectivity index (χ0) is 42.4. The number of hydrogen-bond acceptors (Lipinski definition) is 5. The van der Waals surface area contributed by atoms with E-state index in [0.717, 1.165) is 83.5 Å². The van der Waals surface area contributed by atoms with E-state index in [2.05, 4.69) is 62.5 Å². The van der Waals surface area contributed by atoms with Gasteiger partial charge in [0, 0.05) is 6.42 Å². The lowest BCUT2D eigenvalue weighted by atomic mass is 10.0. The molecule has 0 spiro atoms. The maximum atomic E-state index is 13.2. The van der Waals surface area contributed by atoms with Crippen LogP contribution in [0.3, 0.4) is 0 Å². The molecule has 0 aromatic carbocycles. The minimum absolute atomic E-state index is 0.0707. The second-order valence-electron chi connectivity index (χ2n) is 17.2. The summed E-state index contributed by atoms with van der Waals surface area (Å²) in [7, 11) is 0. The summed E-state index contributed by atoms with van der Waals surface area (Å²) in [5.74, 6) is -0.485. The fourth-order valence-corrected chi connectivity index (χ4v) is 7.64. The molecule has 340 valence electrons. The Morgan fingerprint density at radius 3 is 1.41 bits per heavy atom. The first-order chi connectivity index (χ1) is 28.5. The zero-order valence-corrected chi connectivity index (χ0v) is 38.7. The van der Waals surface area contributed by atoms with E-state index in [0.29, 0.717) is 19.3 Å². The summed E-state index contributed by atoms with van der Waals surface area (Å²) in [6, 6.07) is -0.702. The number of carbonyl (C=O) groups is 2. The van der Waals surface area contributed by atoms with E-state index in [1.165, 1.54) is 128 Å². The van der Waals surface area contributed by atoms with Crippen LogP contribution in [0.25, 0.3) is 0 Å². The Kier molecular flexibility index (Phi) is 44.6. The smallest absolute Gasteiger partial charge is 0.306 e. The number of rotatable bonds is 45. The normalized spacial score (nSPS) is 13.5. The van der Waals surface area contributed by atoms with E-state index in [1.807, 2.05) is 0 Å². The average Bonchev–Trinajstić information content (AvgIpc) is 3.22. The maximum absolute atomic E-state index is 13.2. The van der Waals surface area contributed by atoms with E-state index in [9.17, 15) is 19.8 Å². The van der Waals surface area contributed by atoms with Gasteiger partial charge in [-0.05, 0) is 77.0 Å².